The Labute approximate surface area is 277 Å². The van der Waals surface area contributed by atoms with Crippen molar-refractivity contribution in [3.63, 3.8) is 0 Å². The molecule has 1 aliphatic heterocycles. The molecule has 0 bridgehead atoms. The molecule has 11 heteroatoms. The number of piperidine rings is 1. The number of carboxylic acid groups (broad SMARTS) is 3. The number of likely N-dealkylation sites (tertiary alicyclic amines) is 1. The molecule has 0 atom stereocenters. The first-order valence-corrected chi connectivity index (χ1v) is 17.5. The van der Waals surface area contributed by atoms with Gasteiger partial charge in [0.15, 0.2) is 5.60 Å². The topological polar surface area (TPSA) is 174 Å². The monoisotopic (exact) mass is 658 g/mol. The summed E-state index contributed by atoms with van der Waals surface area (Å²) in [5.41, 5.74) is -2.65. The third-order valence-corrected chi connectivity index (χ3v) is 9.13. The van der Waals surface area contributed by atoms with Gasteiger partial charge in [0, 0.05) is 30.5 Å². The summed E-state index contributed by atoms with van der Waals surface area (Å²) in [6.45, 7) is 12.0. The van der Waals surface area contributed by atoms with E-state index in [1.807, 2.05) is 0 Å². The maximum Gasteiger partial charge on any atom is 0.407 e. The van der Waals surface area contributed by atoms with Gasteiger partial charge in [-0.15, -0.1) is 0 Å². The maximum atomic E-state index is 12.2. The SMILES string of the molecule is CCCCCCCCCCCCCCCCCCNC(=O)OC1CC(C)(C)N(C)C(C)(C)C1.O=C(O)CC(O)(CC(=O)O)C(=O)O. The summed E-state index contributed by atoms with van der Waals surface area (Å²) in [6, 6.07) is 0. The van der Waals surface area contributed by atoms with Crippen molar-refractivity contribution >= 4 is 24.0 Å². The van der Waals surface area contributed by atoms with Gasteiger partial charge in [0.2, 0.25) is 0 Å². The molecule has 0 saturated carbocycles. The van der Waals surface area contributed by atoms with E-state index in [2.05, 4.69) is 51.9 Å². The summed E-state index contributed by atoms with van der Waals surface area (Å²) >= 11 is 0. The number of nitrogens with zero attached hydrogens (tertiary/aromatic N) is 1. The zero-order chi connectivity index (χ0) is 35.2. The molecule has 270 valence electrons. The van der Waals surface area contributed by atoms with Crippen LogP contribution in [0.4, 0.5) is 4.79 Å². The lowest BCUT2D eigenvalue weighted by molar-refractivity contribution is -0.170. The Kier molecular flexibility index (Phi) is 21.8. The average Bonchev–Trinajstić information content (AvgIpc) is 2.92. The van der Waals surface area contributed by atoms with Gasteiger partial charge in [-0.25, -0.2) is 9.59 Å². The molecule has 0 aromatic heterocycles. The minimum absolute atomic E-state index is 0.00278. The number of unbranched alkanes of at least 4 members (excludes halogenated alkanes) is 15. The summed E-state index contributed by atoms with van der Waals surface area (Å²) in [5, 5.41) is 36.8. The Balaban J connectivity index is 0.00000131. The van der Waals surface area contributed by atoms with Gasteiger partial charge in [-0.1, -0.05) is 103 Å². The van der Waals surface area contributed by atoms with Crippen LogP contribution in [0.1, 0.15) is 163 Å². The summed E-state index contributed by atoms with van der Waals surface area (Å²) in [6.07, 6.45) is 21.1. The Bertz CT molecular complexity index is 857. The number of hydrogen-bond acceptors (Lipinski definition) is 7. The fourth-order valence-corrected chi connectivity index (χ4v) is 6.13. The van der Waals surface area contributed by atoms with E-state index in [0.717, 1.165) is 25.8 Å². The van der Waals surface area contributed by atoms with Crippen molar-refractivity contribution in [2.24, 2.45) is 0 Å². The van der Waals surface area contributed by atoms with Gasteiger partial charge in [-0.2, -0.15) is 0 Å². The normalized spacial score (nSPS) is 16.2. The fraction of sp³-hybridized carbons (Fsp3) is 0.886. The number of rotatable bonds is 23. The second kappa shape index (κ2) is 23.0. The van der Waals surface area contributed by atoms with E-state index in [0.29, 0.717) is 0 Å². The van der Waals surface area contributed by atoms with Crippen LogP contribution in [0.2, 0.25) is 0 Å². The predicted molar refractivity (Wildman–Crippen MR) is 180 cm³/mol. The zero-order valence-corrected chi connectivity index (χ0v) is 29.7. The quantitative estimate of drug-likeness (QED) is 0.0697. The number of amides is 1. The smallest absolute Gasteiger partial charge is 0.407 e. The molecule has 0 unspecified atom stereocenters. The molecule has 46 heavy (non-hydrogen) atoms. The van der Waals surface area contributed by atoms with Crippen molar-refractivity contribution in [1.29, 1.82) is 0 Å². The molecule has 1 aliphatic rings. The van der Waals surface area contributed by atoms with Gasteiger partial charge in [-0.05, 0) is 41.2 Å². The van der Waals surface area contributed by atoms with Gasteiger partial charge >= 0.3 is 24.0 Å². The van der Waals surface area contributed by atoms with Crippen molar-refractivity contribution in [3.05, 3.63) is 0 Å². The summed E-state index contributed by atoms with van der Waals surface area (Å²) in [4.78, 5) is 45.1. The van der Waals surface area contributed by atoms with Crippen LogP contribution in [0.25, 0.3) is 0 Å². The second-order valence-corrected chi connectivity index (χ2v) is 14.3. The van der Waals surface area contributed by atoms with E-state index < -0.39 is 36.4 Å². The van der Waals surface area contributed by atoms with E-state index in [-0.39, 0.29) is 23.3 Å². The first kappa shape index (κ1) is 43.6. The van der Waals surface area contributed by atoms with Crippen LogP contribution in [0.3, 0.4) is 0 Å². The van der Waals surface area contributed by atoms with Crippen LogP contribution in [0.15, 0.2) is 0 Å². The third kappa shape index (κ3) is 20.0. The molecule has 1 heterocycles. The number of alkyl carbamates (subject to hydrolysis) is 1. The lowest BCUT2D eigenvalue weighted by atomic mass is 9.79. The Morgan fingerprint density at radius 1 is 0.696 bits per heavy atom. The molecule has 1 amide bonds. The summed E-state index contributed by atoms with van der Waals surface area (Å²) in [7, 11) is 2.17. The van der Waals surface area contributed by atoms with E-state index in [1.165, 1.54) is 96.3 Å². The number of aliphatic carboxylic acids is 3. The van der Waals surface area contributed by atoms with Crippen molar-refractivity contribution in [2.45, 2.75) is 186 Å². The van der Waals surface area contributed by atoms with Crippen molar-refractivity contribution in [3.8, 4) is 0 Å². The molecule has 0 aromatic carbocycles. The maximum absolute atomic E-state index is 12.2. The molecule has 1 fully saturated rings. The molecule has 11 nitrogen and oxygen atoms in total. The van der Waals surface area contributed by atoms with E-state index in [4.69, 9.17) is 25.2 Å². The molecular weight excluding hydrogens is 592 g/mol. The van der Waals surface area contributed by atoms with E-state index in [9.17, 15) is 19.2 Å². The lowest BCUT2D eigenvalue weighted by Gasteiger charge is -2.53. The van der Waals surface area contributed by atoms with Crippen LogP contribution >= 0.6 is 0 Å². The van der Waals surface area contributed by atoms with Crippen molar-refractivity contribution in [2.75, 3.05) is 13.6 Å². The van der Waals surface area contributed by atoms with E-state index >= 15 is 0 Å². The third-order valence-electron chi connectivity index (χ3n) is 9.13. The Morgan fingerprint density at radius 2 is 1.04 bits per heavy atom. The molecule has 1 rings (SSSR count). The Hall–Kier alpha value is -2.40. The van der Waals surface area contributed by atoms with Gasteiger partial charge in [-0.3, -0.25) is 14.5 Å². The van der Waals surface area contributed by atoms with Crippen molar-refractivity contribution in [1.82, 2.24) is 10.2 Å². The van der Waals surface area contributed by atoms with Crippen LogP contribution in [0.5, 0.6) is 0 Å². The molecular formula is C35H66N2O9. The minimum Gasteiger partial charge on any atom is -0.481 e. The van der Waals surface area contributed by atoms with Crippen LogP contribution in [-0.2, 0) is 19.1 Å². The number of carbonyl (C=O) groups is 4. The molecule has 0 aliphatic carbocycles. The number of aliphatic hydroxyl groups is 1. The van der Waals surface area contributed by atoms with Gasteiger partial charge in [0.25, 0.3) is 0 Å². The zero-order valence-electron chi connectivity index (χ0n) is 29.7. The van der Waals surface area contributed by atoms with Crippen molar-refractivity contribution < 1.29 is 44.3 Å². The number of carbonyl (C=O) groups excluding carboxylic acids is 1. The average molecular weight is 659 g/mol. The van der Waals surface area contributed by atoms with Gasteiger partial charge < -0.3 is 30.5 Å². The minimum atomic E-state index is -2.74. The first-order valence-electron chi connectivity index (χ1n) is 17.5. The van der Waals surface area contributed by atoms with Gasteiger partial charge in [0.1, 0.15) is 6.10 Å². The molecule has 0 aromatic rings. The predicted octanol–water partition coefficient (Wildman–Crippen LogP) is 7.38. The second-order valence-electron chi connectivity index (χ2n) is 14.3. The number of ether oxygens (including phenoxy) is 1. The van der Waals surface area contributed by atoms with Crippen LogP contribution < -0.4 is 5.32 Å². The fourth-order valence-electron chi connectivity index (χ4n) is 6.13. The van der Waals surface area contributed by atoms with E-state index in [1.54, 1.807) is 0 Å². The number of hydrogen-bond donors (Lipinski definition) is 5. The largest absolute Gasteiger partial charge is 0.481 e. The Morgan fingerprint density at radius 3 is 1.37 bits per heavy atom. The highest BCUT2D eigenvalue weighted by molar-refractivity contribution is 5.88. The number of carboxylic acids is 3. The highest BCUT2D eigenvalue weighted by Crippen LogP contribution is 2.38. The van der Waals surface area contributed by atoms with Gasteiger partial charge in [0.05, 0.1) is 12.8 Å². The highest BCUT2D eigenvalue weighted by atomic mass is 16.6. The lowest BCUT2D eigenvalue weighted by Crippen LogP contribution is -2.60. The highest BCUT2D eigenvalue weighted by Gasteiger charge is 2.44. The van der Waals surface area contributed by atoms with Crippen LogP contribution in [-0.4, -0.2) is 85.7 Å². The summed E-state index contributed by atoms with van der Waals surface area (Å²) < 4.78 is 5.76. The standard InChI is InChI=1S/C29H58N2O2.C6H8O7/c1-7-8-9-10-11-12-13-14-15-16-17-18-19-20-21-22-23-30-27(32)33-26-24-28(2,3)31(6)29(4,5)25-26;7-3(8)1-6(13,5(11)12)2-4(9)10/h26H,7-25H2,1-6H3,(H,30,32);13H,1-2H2,(H,7,8)(H,9,10)(H,11,12). The molecule has 1 saturated heterocycles. The summed E-state index contributed by atoms with van der Waals surface area (Å²) in [5.74, 6) is -5.02. The molecule has 0 radical (unpaired) electrons. The van der Waals surface area contributed by atoms with Crippen LogP contribution in [0, 0.1) is 0 Å². The molecule has 0 spiro atoms. The number of nitrogens with one attached hydrogen (secondary N) is 1. The first-order chi connectivity index (χ1) is 21.5. The molecule has 5 N–H and O–H groups in total.